The Balaban J connectivity index is 2.25. The monoisotopic (exact) mass is 200 g/mol. The topological polar surface area (TPSA) is 0 Å². The Morgan fingerprint density at radius 1 is 1.00 bits per heavy atom. The Morgan fingerprint density at radius 3 is 2.15 bits per heavy atom. The number of rotatable bonds is 4. The van der Waals surface area contributed by atoms with Crippen molar-refractivity contribution in [2.75, 3.05) is 0 Å². The molecule has 0 atom stereocenters. The van der Waals surface area contributed by atoms with Gasteiger partial charge in [-0.3, -0.25) is 0 Å². The predicted octanol–water partition coefficient (Wildman–Crippen LogP) is 4.59. The van der Waals surface area contributed by atoms with Gasteiger partial charge in [0, 0.05) is 4.75 Å². The first-order chi connectivity index (χ1) is 6.27. The highest BCUT2D eigenvalue weighted by Gasteiger charge is 2.25. The van der Waals surface area contributed by atoms with Crippen LogP contribution in [0.15, 0.2) is 0 Å². The van der Waals surface area contributed by atoms with Gasteiger partial charge in [-0.05, 0) is 19.3 Å². The van der Waals surface area contributed by atoms with Gasteiger partial charge in [-0.25, -0.2) is 0 Å². The first-order valence-electron chi connectivity index (χ1n) is 5.99. The van der Waals surface area contributed by atoms with Crippen molar-refractivity contribution in [2.24, 2.45) is 0 Å². The van der Waals surface area contributed by atoms with Crippen LogP contribution in [0.1, 0.15) is 71.1 Å². The number of thiol groups is 1. The predicted molar refractivity (Wildman–Crippen MR) is 63.6 cm³/mol. The van der Waals surface area contributed by atoms with Crippen molar-refractivity contribution in [3.8, 4) is 0 Å². The van der Waals surface area contributed by atoms with Crippen LogP contribution in [-0.2, 0) is 0 Å². The normalized spacial score (nSPS) is 22.6. The van der Waals surface area contributed by atoms with Crippen molar-refractivity contribution in [3.63, 3.8) is 0 Å². The van der Waals surface area contributed by atoms with Crippen LogP contribution in [0.2, 0.25) is 0 Å². The van der Waals surface area contributed by atoms with Crippen LogP contribution in [0.5, 0.6) is 0 Å². The number of hydrogen-bond acceptors (Lipinski definition) is 1. The molecule has 0 aromatic heterocycles. The van der Waals surface area contributed by atoms with Gasteiger partial charge in [0.15, 0.2) is 0 Å². The molecule has 0 unspecified atom stereocenters. The van der Waals surface area contributed by atoms with E-state index in [-0.39, 0.29) is 0 Å². The van der Waals surface area contributed by atoms with Crippen molar-refractivity contribution in [2.45, 2.75) is 75.9 Å². The molecule has 1 heteroatoms. The van der Waals surface area contributed by atoms with E-state index in [1.165, 1.54) is 64.2 Å². The van der Waals surface area contributed by atoms with Crippen molar-refractivity contribution >= 4 is 12.6 Å². The summed E-state index contributed by atoms with van der Waals surface area (Å²) in [4.78, 5) is 0. The first-order valence-corrected chi connectivity index (χ1v) is 6.44. The summed E-state index contributed by atoms with van der Waals surface area (Å²) in [6, 6.07) is 0. The van der Waals surface area contributed by atoms with Crippen molar-refractivity contribution in [3.05, 3.63) is 0 Å². The fourth-order valence-electron chi connectivity index (χ4n) is 2.34. The van der Waals surface area contributed by atoms with Crippen LogP contribution < -0.4 is 0 Å². The number of unbranched alkanes of at least 4 members (excludes halogenated alkanes) is 2. The van der Waals surface area contributed by atoms with Gasteiger partial charge in [-0.15, -0.1) is 0 Å². The maximum absolute atomic E-state index is 4.89. The Labute approximate surface area is 88.9 Å². The zero-order valence-electron chi connectivity index (χ0n) is 9.02. The van der Waals surface area contributed by atoms with Crippen LogP contribution in [0.25, 0.3) is 0 Å². The van der Waals surface area contributed by atoms with Gasteiger partial charge in [0.2, 0.25) is 0 Å². The smallest absolute Gasteiger partial charge is 0.0130 e. The molecule has 0 aromatic rings. The van der Waals surface area contributed by atoms with Crippen LogP contribution in [-0.4, -0.2) is 4.75 Å². The van der Waals surface area contributed by atoms with Gasteiger partial charge in [0.25, 0.3) is 0 Å². The fourth-order valence-corrected chi connectivity index (χ4v) is 2.82. The maximum Gasteiger partial charge on any atom is 0.0130 e. The standard InChI is InChI=1S/C12H24S/c1-2-3-6-9-12(13)10-7-4-5-8-11-12/h13H,2-11H2,1H3. The molecule has 1 rings (SSSR count). The van der Waals surface area contributed by atoms with E-state index in [9.17, 15) is 0 Å². The summed E-state index contributed by atoms with van der Waals surface area (Å²) in [5, 5.41) is 0. The van der Waals surface area contributed by atoms with E-state index >= 15 is 0 Å². The van der Waals surface area contributed by atoms with Crippen LogP contribution >= 0.6 is 12.6 Å². The number of hydrogen-bond donors (Lipinski definition) is 1. The van der Waals surface area contributed by atoms with E-state index in [0.29, 0.717) is 4.75 Å². The second kappa shape index (κ2) is 5.95. The summed E-state index contributed by atoms with van der Waals surface area (Å²) < 4.78 is 0.408. The third-order valence-electron chi connectivity index (χ3n) is 3.28. The SMILES string of the molecule is CCCCCC1(S)CCCCCC1. The van der Waals surface area contributed by atoms with E-state index in [0.717, 1.165) is 0 Å². The molecular weight excluding hydrogens is 176 g/mol. The average Bonchev–Trinajstić information content (AvgIpc) is 2.31. The first kappa shape index (κ1) is 11.4. The van der Waals surface area contributed by atoms with Gasteiger partial charge in [0.1, 0.15) is 0 Å². The molecule has 0 bridgehead atoms. The Morgan fingerprint density at radius 2 is 1.62 bits per heavy atom. The quantitative estimate of drug-likeness (QED) is 0.383. The van der Waals surface area contributed by atoms with E-state index in [2.05, 4.69) is 6.92 Å². The maximum atomic E-state index is 4.89. The minimum Gasteiger partial charge on any atom is -0.173 e. The molecule has 0 amide bonds. The molecule has 1 aliphatic rings. The molecule has 13 heavy (non-hydrogen) atoms. The van der Waals surface area contributed by atoms with Crippen molar-refractivity contribution in [1.29, 1.82) is 0 Å². The highest BCUT2D eigenvalue weighted by molar-refractivity contribution is 7.81. The largest absolute Gasteiger partial charge is 0.173 e. The highest BCUT2D eigenvalue weighted by atomic mass is 32.1. The van der Waals surface area contributed by atoms with Crippen molar-refractivity contribution in [1.82, 2.24) is 0 Å². The van der Waals surface area contributed by atoms with E-state index in [4.69, 9.17) is 12.6 Å². The van der Waals surface area contributed by atoms with Gasteiger partial charge >= 0.3 is 0 Å². The molecule has 1 fully saturated rings. The van der Waals surface area contributed by atoms with Gasteiger partial charge < -0.3 is 0 Å². The molecule has 1 aliphatic carbocycles. The molecule has 0 N–H and O–H groups in total. The van der Waals surface area contributed by atoms with E-state index < -0.39 is 0 Å². The minimum absolute atomic E-state index is 0.408. The van der Waals surface area contributed by atoms with Gasteiger partial charge in [-0.1, -0.05) is 51.9 Å². The minimum atomic E-state index is 0.408. The van der Waals surface area contributed by atoms with Crippen LogP contribution in [0.3, 0.4) is 0 Å². The summed E-state index contributed by atoms with van der Waals surface area (Å²) in [7, 11) is 0. The highest BCUT2D eigenvalue weighted by Crippen LogP contribution is 2.36. The van der Waals surface area contributed by atoms with E-state index in [1.54, 1.807) is 0 Å². The summed E-state index contributed by atoms with van der Waals surface area (Å²) in [6.45, 7) is 2.28. The lowest BCUT2D eigenvalue weighted by Crippen LogP contribution is -2.20. The summed E-state index contributed by atoms with van der Waals surface area (Å²) >= 11 is 4.89. The molecular formula is C12H24S. The molecule has 0 aliphatic heterocycles. The lowest BCUT2D eigenvalue weighted by atomic mass is 9.92. The lowest BCUT2D eigenvalue weighted by Gasteiger charge is -2.26. The molecule has 0 nitrogen and oxygen atoms in total. The van der Waals surface area contributed by atoms with E-state index in [1.807, 2.05) is 0 Å². The second-order valence-corrected chi connectivity index (χ2v) is 5.54. The summed E-state index contributed by atoms with van der Waals surface area (Å²) in [6.07, 6.45) is 13.9. The summed E-state index contributed by atoms with van der Waals surface area (Å²) in [5.74, 6) is 0. The average molecular weight is 200 g/mol. The van der Waals surface area contributed by atoms with Gasteiger partial charge in [-0.2, -0.15) is 12.6 Å². The Kier molecular flexibility index (Phi) is 5.23. The molecule has 0 radical (unpaired) electrons. The molecule has 0 aromatic carbocycles. The zero-order chi connectivity index (χ0) is 9.57. The van der Waals surface area contributed by atoms with Crippen molar-refractivity contribution < 1.29 is 0 Å². The molecule has 0 heterocycles. The second-order valence-electron chi connectivity index (χ2n) is 4.60. The Hall–Kier alpha value is 0.350. The third-order valence-corrected chi connectivity index (χ3v) is 3.95. The summed E-state index contributed by atoms with van der Waals surface area (Å²) in [5.41, 5.74) is 0. The molecule has 0 spiro atoms. The zero-order valence-corrected chi connectivity index (χ0v) is 9.91. The molecule has 1 saturated carbocycles. The third kappa shape index (κ3) is 4.39. The fraction of sp³-hybridized carbons (Fsp3) is 1.00. The lowest BCUT2D eigenvalue weighted by molar-refractivity contribution is 0.457. The van der Waals surface area contributed by atoms with Gasteiger partial charge in [0.05, 0.1) is 0 Å². The van der Waals surface area contributed by atoms with Crippen LogP contribution in [0, 0.1) is 0 Å². The molecule has 0 saturated heterocycles. The Bertz CT molecular complexity index is 123. The van der Waals surface area contributed by atoms with Crippen LogP contribution in [0.4, 0.5) is 0 Å². The molecule has 78 valence electrons.